The molecule has 0 radical (unpaired) electrons. The first-order valence-corrected chi connectivity index (χ1v) is 12.6. The van der Waals surface area contributed by atoms with E-state index >= 15 is 0 Å². The topological polar surface area (TPSA) is 0 Å². The van der Waals surface area contributed by atoms with Gasteiger partial charge in [0, 0.05) is 0 Å². The summed E-state index contributed by atoms with van der Waals surface area (Å²) in [5.41, 5.74) is 2.59. The van der Waals surface area contributed by atoms with E-state index in [0.717, 1.165) is 16.9 Å². The van der Waals surface area contributed by atoms with Crippen LogP contribution >= 0.6 is 8.58 Å². The van der Waals surface area contributed by atoms with E-state index in [9.17, 15) is 0 Å². The molecule has 0 amide bonds. The zero-order chi connectivity index (χ0) is 22.5. The van der Waals surface area contributed by atoms with Crippen LogP contribution in [0.5, 0.6) is 0 Å². The highest BCUT2D eigenvalue weighted by Gasteiger charge is 2.12. The van der Waals surface area contributed by atoms with Gasteiger partial charge in [0.25, 0.3) is 0 Å². The van der Waals surface area contributed by atoms with Gasteiger partial charge in [-0.1, -0.05) is 113 Å². The van der Waals surface area contributed by atoms with E-state index in [-0.39, 0.29) is 0 Å². The molecule has 0 spiro atoms. The Morgan fingerprint density at radius 1 is 0.727 bits per heavy atom. The number of hydrogen-bond donors (Lipinski definition) is 0. The minimum absolute atomic E-state index is 0.695. The molecule has 0 bridgehead atoms. The molecule has 0 saturated heterocycles. The van der Waals surface area contributed by atoms with Crippen molar-refractivity contribution in [3.05, 3.63) is 107 Å². The smallest absolute Gasteiger partial charge is 0.00207 e. The molecule has 0 nitrogen and oxygen atoms in total. The zero-order valence-electron chi connectivity index (χ0n) is 18.8. The maximum absolute atomic E-state index is 4.31. The molecule has 0 aromatic heterocycles. The van der Waals surface area contributed by atoms with E-state index < -0.39 is 0 Å². The summed E-state index contributed by atoms with van der Waals surface area (Å²) in [7, 11) is 0.695. The highest BCUT2D eigenvalue weighted by molar-refractivity contribution is 7.47. The molecule has 0 aliphatic carbocycles. The largest absolute Gasteiger partial charge is 0.0984 e. The maximum atomic E-state index is 4.31. The maximum Gasteiger partial charge on any atom is -0.00207 e. The molecule has 1 atom stereocenters. The summed E-state index contributed by atoms with van der Waals surface area (Å²) >= 11 is 0. The first-order valence-electron chi connectivity index (χ1n) is 11.4. The van der Waals surface area contributed by atoms with Crippen LogP contribution in [0.15, 0.2) is 85.4 Å². The molecular formula is C32H25P. The molecule has 6 rings (SSSR count). The third kappa shape index (κ3) is 3.10. The quantitative estimate of drug-likeness (QED) is 0.257. The van der Waals surface area contributed by atoms with Crippen molar-refractivity contribution in [1.82, 2.24) is 0 Å². The van der Waals surface area contributed by atoms with Crippen LogP contribution in [-0.2, 0) is 6.16 Å². The Morgan fingerprint density at radius 3 is 2.24 bits per heavy atom. The van der Waals surface area contributed by atoms with Gasteiger partial charge in [-0.15, -0.1) is 0 Å². The van der Waals surface area contributed by atoms with Crippen LogP contribution in [0, 0.1) is 0 Å². The van der Waals surface area contributed by atoms with Crippen LogP contribution in [0.1, 0.15) is 18.1 Å². The molecule has 0 saturated carbocycles. The van der Waals surface area contributed by atoms with Gasteiger partial charge in [0.05, 0.1) is 0 Å². The van der Waals surface area contributed by atoms with Gasteiger partial charge >= 0.3 is 0 Å². The predicted molar refractivity (Wildman–Crippen MR) is 151 cm³/mol. The van der Waals surface area contributed by atoms with E-state index in [2.05, 4.69) is 105 Å². The Labute approximate surface area is 195 Å². The second-order valence-corrected chi connectivity index (χ2v) is 9.94. The van der Waals surface area contributed by atoms with Gasteiger partial charge in [-0.05, 0) is 83.0 Å². The van der Waals surface area contributed by atoms with Gasteiger partial charge in [-0.2, -0.15) is 0 Å². The van der Waals surface area contributed by atoms with Gasteiger partial charge in [0.1, 0.15) is 0 Å². The van der Waals surface area contributed by atoms with E-state index in [1.54, 1.807) is 0 Å². The lowest BCUT2D eigenvalue weighted by atomic mass is 9.95. The van der Waals surface area contributed by atoms with Crippen LogP contribution in [0.3, 0.4) is 0 Å². The number of rotatable bonds is 4. The van der Waals surface area contributed by atoms with Gasteiger partial charge in [-0.3, -0.25) is 0 Å². The SMILES string of the molecule is C=Cc1ccc2c(PCc3ccc4cccc5cc/c(=C/C)c3c45)ccc3ccc(=C)c1c32. The fourth-order valence-electron chi connectivity index (χ4n) is 5.33. The number of hydrogen-bond acceptors (Lipinski definition) is 0. The Kier molecular flexibility index (Phi) is 4.79. The average Bonchev–Trinajstić information content (AvgIpc) is 2.86. The van der Waals surface area contributed by atoms with Crippen LogP contribution in [0.25, 0.3) is 61.8 Å². The molecule has 1 heteroatoms. The standard InChI is InChI=1S/C32H25P/c1-4-21-15-17-27-28(18-16-25-10-9-20(3)29(21)32(25)27)33-19-26-14-13-24-8-6-7-23-12-11-22(5-2)30(26)31(23)24/h4-18,33H,1,3,19H2,2H3/b22-5-. The molecule has 6 aromatic carbocycles. The second kappa shape index (κ2) is 7.84. The van der Waals surface area contributed by atoms with E-state index in [4.69, 9.17) is 0 Å². The van der Waals surface area contributed by atoms with E-state index in [0.29, 0.717) is 8.58 Å². The summed E-state index contributed by atoms with van der Waals surface area (Å²) < 4.78 is 0. The summed E-state index contributed by atoms with van der Waals surface area (Å²) in [5.74, 6) is 0. The van der Waals surface area contributed by atoms with Crippen LogP contribution in [0.2, 0.25) is 0 Å². The highest BCUT2D eigenvalue weighted by Crippen LogP contribution is 2.33. The normalized spacial score (nSPS) is 12.8. The third-order valence-electron chi connectivity index (χ3n) is 6.93. The minimum atomic E-state index is 0.695. The molecule has 0 N–H and O–H groups in total. The Bertz CT molecular complexity index is 1790. The zero-order valence-corrected chi connectivity index (χ0v) is 19.8. The lowest BCUT2D eigenvalue weighted by Crippen LogP contribution is -2.07. The Morgan fingerprint density at radius 2 is 1.45 bits per heavy atom. The minimum Gasteiger partial charge on any atom is -0.0984 e. The summed E-state index contributed by atoms with van der Waals surface area (Å²) in [5, 5.41) is 14.4. The van der Waals surface area contributed by atoms with Crippen molar-refractivity contribution in [2.24, 2.45) is 0 Å². The van der Waals surface area contributed by atoms with Crippen molar-refractivity contribution in [1.29, 1.82) is 0 Å². The molecule has 0 aliphatic heterocycles. The molecule has 1 unspecified atom stereocenters. The molecule has 0 aliphatic rings. The summed E-state index contributed by atoms with van der Waals surface area (Å²) in [6, 6.07) is 29.1. The summed E-state index contributed by atoms with van der Waals surface area (Å²) in [6.45, 7) is 10.5. The van der Waals surface area contributed by atoms with Crippen molar-refractivity contribution < 1.29 is 0 Å². The van der Waals surface area contributed by atoms with Crippen molar-refractivity contribution in [3.8, 4) is 0 Å². The van der Waals surface area contributed by atoms with Crippen molar-refractivity contribution >= 4 is 75.7 Å². The van der Waals surface area contributed by atoms with Gasteiger partial charge in [-0.25, -0.2) is 0 Å². The van der Waals surface area contributed by atoms with Crippen molar-refractivity contribution in [3.63, 3.8) is 0 Å². The first kappa shape index (κ1) is 20.2. The van der Waals surface area contributed by atoms with Gasteiger partial charge in [0.2, 0.25) is 0 Å². The van der Waals surface area contributed by atoms with Crippen molar-refractivity contribution in [2.45, 2.75) is 13.1 Å². The van der Waals surface area contributed by atoms with E-state index in [1.807, 2.05) is 6.08 Å². The Balaban J connectivity index is 1.52. The molecule has 6 aromatic rings. The van der Waals surface area contributed by atoms with Crippen molar-refractivity contribution in [2.75, 3.05) is 0 Å². The fraction of sp³-hybridized carbons (Fsp3) is 0.0625. The van der Waals surface area contributed by atoms with Crippen LogP contribution in [0.4, 0.5) is 0 Å². The Hall–Kier alpha value is -3.47. The van der Waals surface area contributed by atoms with Gasteiger partial charge < -0.3 is 0 Å². The molecule has 0 fully saturated rings. The monoisotopic (exact) mass is 440 g/mol. The van der Waals surface area contributed by atoms with Gasteiger partial charge in [0.15, 0.2) is 0 Å². The first-order chi connectivity index (χ1) is 16.2. The average molecular weight is 441 g/mol. The lowest BCUT2D eigenvalue weighted by Gasteiger charge is -2.15. The molecular weight excluding hydrogens is 415 g/mol. The molecule has 158 valence electrons. The lowest BCUT2D eigenvalue weighted by molar-refractivity contribution is 1.46. The van der Waals surface area contributed by atoms with E-state index in [1.165, 1.54) is 59.2 Å². The highest BCUT2D eigenvalue weighted by atomic mass is 31.1. The second-order valence-electron chi connectivity index (χ2n) is 8.69. The predicted octanol–water partition coefficient (Wildman–Crippen LogP) is 7.09. The molecule has 33 heavy (non-hydrogen) atoms. The fourth-order valence-corrected chi connectivity index (χ4v) is 6.61. The summed E-state index contributed by atoms with van der Waals surface area (Å²) in [6.07, 6.45) is 5.22. The molecule has 0 heterocycles. The number of benzene rings is 6. The van der Waals surface area contributed by atoms with Crippen LogP contribution in [-0.4, -0.2) is 0 Å². The third-order valence-corrected chi connectivity index (χ3v) is 8.30. The van der Waals surface area contributed by atoms with Crippen LogP contribution < -0.4 is 15.7 Å². The summed E-state index contributed by atoms with van der Waals surface area (Å²) in [4.78, 5) is 0.